The summed E-state index contributed by atoms with van der Waals surface area (Å²) in [7, 11) is 0. The van der Waals surface area contributed by atoms with Gasteiger partial charge in [0.05, 0.1) is 27.8 Å². The molecule has 4 heteroatoms. The lowest BCUT2D eigenvalue weighted by atomic mass is 9.90. The fourth-order valence-corrected chi connectivity index (χ4v) is 9.20. The normalized spacial score (nSPS) is 11.9. The first kappa shape index (κ1) is 30.9. The molecule has 12 rings (SSSR count). The van der Waals surface area contributed by atoms with Crippen LogP contribution in [0.1, 0.15) is 0 Å². The van der Waals surface area contributed by atoms with Gasteiger partial charge in [-0.05, 0) is 40.4 Å². The summed E-state index contributed by atoms with van der Waals surface area (Å²) >= 11 is 0. The molecule has 0 amide bonds. The fourth-order valence-electron chi connectivity index (χ4n) is 9.20. The van der Waals surface area contributed by atoms with Gasteiger partial charge >= 0.3 is 0 Å². The van der Waals surface area contributed by atoms with E-state index in [0.717, 1.165) is 39.4 Å². The van der Waals surface area contributed by atoms with Crippen molar-refractivity contribution in [2.24, 2.45) is 0 Å². The highest BCUT2D eigenvalue weighted by molar-refractivity contribution is 6.44. The molecule has 0 fully saturated rings. The topological polar surface area (TPSA) is 35.6 Å². The van der Waals surface area contributed by atoms with Crippen molar-refractivity contribution < 1.29 is 0 Å². The SMILES string of the molecule is c1ccc(-c2cc(-n3c4ccccc4c4c5ccccc5c5c6c7ccccc7n(-c7ccccc7)c6c6ccccc6c5c43)nc(-c3ccccc3)n2)cc1. The van der Waals surface area contributed by atoms with E-state index in [1.165, 1.54) is 64.9 Å². The average molecular weight is 713 g/mol. The smallest absolute Gasteiger partial charge is 0.162 e. The molecule has 0 bridgehead atoms. The highest BCUT2D eigenvalue weighted by Crippen LogP contribution is 2.50. The molecule has 0 saturated carbocycles. The van der Waals surface area contributed by atoms with E-state index in [1.807, 2.05) is 6.07 Å². The van der Waals surface area contributed by atoms with Gasteiger partial charge in [0, 0.05) is 60.6 Å². The van der Waals surface area contributed by atoms with E-state index in [4.69, 9.17) is 9.97 Å². The minimum atomic E-state index is 0.691. The zero-order chi connectivity index (χ0) is 36.7. The number of para-hydroxylation sites is 3. The van der Waals surface area contributed by atoms with E-state index in [0.29, 0.717) is 5.82 Å². The molecule has 0 N–H and O–H groups in total. The van der Waals surface area contributed by atoms with Gasteiger partial charge in [-0.15, -0.1) is 0 Å². The zero-order valence-corrected chi connectivity index (χ0v) is 30.3. The summed E-state index contributed by atoms with van der Waals surface area (Å²) in [6.07, 6.45) is 0. The van der Waals surface area contributed by atoms with Gasteiger partial charge in [0.1, 0.15) is 5.82 Å². The molecule has 0 aliphatic heterocycles. The largest absolute Gasteiger partial charge is 0.309 e. The van der Waals surface area contributed by atoms with E-state index in [2.05, 4.69) is 197 Å². The van der Waals surface area contributed by atoms with Crippen LogP contribution in [-0.4, -0.2) is 19.1 Å². The zero-order valence-electron chi connectivity index (χ0n) is 30.3. The van der Waals surface area contributed by atoms with Crippen LogP contribution in [0.3, 0.4) is 0 Å². The van der Waals surface area contributed by atoms with Crippen molar-refractivity contribution in [3.63, 3.8) is 0 Å². The first-order valence-corrected chi connectivity index (χ1v) is 19.1. The van der Waals surface area contributed by atoms with Crippen LogP contribution in [0.25, 0.3) is 110 Å². The van der Waals surface area contributed by atoms with Gasteiger partial charge in [-0.2, -0.15) is 0 Å². The maximum absolute atomic E-state index is 5.44. The van der Waals surface area contributed by atoms with E-state index < -0.39 is 0 Å². The predicted octanol–water partition coefficient (Wildman–Crippen LogP) is 13.5. The highest BCUT2D eigenvalue weighted by atomic mass is 15.1. The monoisotopic (exact) mass is 712 g/mol. The maximum Gasteiger partial charge on any atom is 0.162 e. The van der Waals surface area contributed by atoms with Gasteiger partial charge in [0.15, 0.2) is 5.82 Å². The standard InChI is InChI=1S/C52H32N4/c1-4-18-33(19-5-1)42-32-45(54-52(53-42)34-20-6-2-7-21-34)56-44-31-17-14-28-40(44)46-36-24-10-11-25-37(36)47-48(51(46)56)38-26-12-13-27-39(38)50-49(47)41-29-15-16-30-43(41)55(50)35-22-8-3-9-23-35/h1-32H. The first-order chi connectivity index (χ1) is 27.8. The Bertz CT molecular complexity index is 3450. The Morgan fingerprint density at radius 1 is 0.321 bits per heavy atom. The molecule has 0 radical (unpaired) electrons. The second kappa shape index (κ2) is 12.0. The Balaban J connectivity index is 1.36. The van der Waals surface area contributed by atoms with E-state index in [-0.39, 0.29) is 0 Å². The number of benzene rings is 9. The van der Waals surface area contributed by atoms with Gasteiger partial charge in [-0.1, -0.05) is 164 Å². The number of fused-ring (bicyclic) bond motifs is 15. The summed E-state index contributed by atoms with van der Waals surface area (Å²) in [5.74, 6) is 1.52. The Hall–Kier alpha value is -7.56. The summed E-state index contributed by atoms with van der Waals surface area (Å²) in [6, 6.07) is 69.4. The molecule has 4 nitrogen and oxygen atoms in total. The van der Waals surface area contributed by atoms with Crippen LogP contribution in [0, 0.1) is 0 Å². The number of hydrogen-bond acceptors (Lipinski definition) is 2. The fraction of sp³-hybridized carbons (Fsp3) is 0. The molecule has 0 saturated heterocycles. The molecule has 3 heterocycles. The van der Waals surface area contributed by atoms with Gasteiger partial charge in [-0.3, -0.25) is 4.57 Å². The predicted molar refractivity (Wildman–Crippen MR) is 234 cm³/mol. The Morgan fingerprint density at radius 2 is 0.786 bits per heavy atom. The molecule has 0 aliphatic carbocycles. The lowest BCUT2D eigenvalue weighted by Gasteiger charge is -2.17. The maximum atomic E-state index is 5.44. The summed E-state index contributed by atoms with van der Waals surface area (Å²) in [6.45, 7) is 0. The summed E-state index contributed by atoms with van der Waals surface area (Å²) in [5, 5.41) is 12.2. The summed E-state index contributed by atoms with van der Waals surface area (Å²) in [4.78, 5) is 10.6. The third-order valence-electron chi connectivity index (χ3n) is 11.5. The molecule has 0 spiro atoms. The molecule has 0 aliphatic rings. The number of aromatic nitrogens is 4. The Kier molecular flexibility index (Phi) is 6.60. The van der Waals surface area contributed by atoms with Gasteiger partial charge in [-0.25, -0.2) is 9.97 Å². The van der Waals surface area contributed by atoms with Gasteiger partial charge < -0.3 is 4.57 Å². The Labute approximate surface area is 322 Å². The number of nitrogens with zero attached hydrogens (tertiary/aromatic N) is 4. The van der Waals surface area contributed by atoms with Crippen molar-refractivity contribution >= 4 is 75.9 Å². The molecule has 56 heavy (non-hydrogen) atoms. The van der Waals surface area contributed by atoms with Crippen molar-refractivity contribution in [3.8, 4) is 34.2 Å². The van der Waals surface area contributed by atoms with Crippen molar-refractivity contribution in [1.82, 2.24) is 19.1 Å². The van der Waals surface area contributed by atoms with Crippen LogP contribution >= 0.6 is 0 Å². The second-order valence-corrected chi connectivity index (χ2v) is 14.5. The molecule has 3 aromatic heterocycles. The first-order valence-electron chi connectivity index (χ1n) is 19.1. The molecular weight excluding hydrogens is 681 g/mol. The Morgan fingerprint density at radius 3 is 1.45 bits per heavy atom. The summed E-state index contributed by atoms with van der Waals surface area (Å²) in [5.41, 5.74) is 8.70. The molecule has 9 aromatic carbocycles. The van der Waals surface area contributed by atoms with Crippen LogP contribution in [0.15, 0.2) is 194 Å². The number of hydrogen-bond donors (Lipinski definition) is 0. The van der Waals surface area contributed by atoms with E-state index in [1.54, 1.807) is 0 Å². The minimum absolute atomic E-state index is 0.691. The van der Waals surface area contributed by atoms with Crippen LogP contribution < -0.4 is 0 Å². The van der Waals surface area contributed by atoms with E-state index >= 15 is 0 Å². The van der Waals surface area contributed by atoms with Crippen molar-refractivity contribution in [1.29, 1.82) is 0 Å². The lowest BCUT2D eigenvalue weighted by Crippen LogP contribution is -2.03. The van der Waals surface area contributed by atoms with Crippen molar-refractivity contribution in [2.45, 2.75) is 0 Å². The molecule has 12 aromatic rings. The van der Waals surface area contributed by atoms with Crippen LogP contribution in [-0.2, 0) is 0 Å². The van der Waals surface area contributed by atoms with Gasteiger partial charge in [0.25, 0.3) is 0 Å². The highest BCUT2D eigenvalue weighted by Gasteiger charge is 2.26. The number of rotatable bonds is 4. The van der Waals surface area contributed by atoms with Crippen molar-refractivity contribution in [3.05, 3.63) is 194 Å². The quantitative estimate of drug-likeness (QED) is 0.170. The van der Waals surface area contributed by atoms with Crippen molar-refractivity contribution in [2.75, 3.05) is 0 Å². The van der Waals surface area contributed by atoms with E-state index in [9.17, 15) is 0 Å². The van der Waals surface area contributed by atoms with Crippen LogP contribution in [0.2, 0.25) is 0 Å². The molecule has 0 atom stereocenters. The molecule has 260 valence electrons. The summed E-state index contributed by atoms with van der Waals surface area (Å²) < 4.78 is 4.87. The third kappa shape index (κ3) is 4.35. The average Bonchev–Trinajstić information content (AvgIpc) is 3.81. The minimum Gasteiger partial charge on any atom is -0.309 e. The van der Waals surface area contributed by atoms with Crippen LogP contribution in [0.4, 0.5) is 0 Å². The molecular formula is C52H32N4. The van der Waals surface area contributed by atoms with Crippen LogP contribution in [0.5, 0.6) is 0 Å². The second-order valence-electron chi connectivity index (χ2n) is 14.5. The lowest BCUT2D eigenvalue weighted by molar-refractivity contribution is 1.05. The van der Waals surface area contributed by atoms with Gasteiger partial charge in [0.2, 0.25) is 0 Å². The third-order valence-corrected chi connectivity index (χ3v) is 11.5. The molecule has 0 unspecified atom stereocenters.